The first-order valence-corrected chi connectivity index (χ1v) is 7.85. The van der Waals surface area contributed by atoms with E-state index < -0.39 is 0 Å². The van der Waals surface area contributed by atoms with Gasteiger partial charge in [0, 0.05) is 8.95 Å². The van der Waals surface area contributed by atoms with E-state index in [0.717, 1.165) is 33.3 Å². The lowest BCUT2D eigenvalue weighted by Gasteiger charge is -2.19. The number of nitrogens with zero attached hydrogens (tertiary/aromatic N) is 2. The molecule has 1 aromatic carbocycles. The van der Waals surface area contributed by atoms with E-state index in [1.54, 1.807) is 0 Å². The van der Waals surface area contributed by atoms with Gasteiger partial charge in [0.1, 0.15) is 0 Å². The molecule has 3 rings (SSSR count). The van der Waals surface area contributed by atoms with Crippen molar-refractivity contribution in [1.29, 1.82) is 0 Å². The highest BCUT2D eigenvalue weighted by atomic mass is 79.9. The van der Waals surface area contributed by atoms with Crippen LogP contribution in [0.2, 0.25) is 0 Å². The van der Waals surface area contributed by atoms with Gasteiger partial charge < -0.3 is 9.84 Å². The SMILES string of the molecule is Brc1ccc(-c2nc(C3CCCCN3)no2)c(Br)c1. The maximum atomic E-state index is 5.38. The van der Waals surface area contributed by atoms with Crippen molar-refractivity contribution < 1.29 is 4.52 Å². The van der Waals surface area contributed by atoms with Crippen LogP contribution in [0, 0.1) is 0 Å². The Labute approximate surface area is 128 Å². The van der Waals surface area contributed by atoms with Crippen LogP contribution in [0.4, 0.5) is 0 Å². The molecule has 1 aliphatic heterocycles. The molecular weight excluding hydrogens is 374 g/mol. The van der Waals surface area contributed by atoms with Crippen LogP contribution >= 0.6 is 31.9 Å². The van der Waals surface area contributed by atoms with Gasteiger partial charge in [0.05, 0.1) is 11.6 Å². The third-order valence-corrected chi connectivity index (χ3v) is 4.37. The molecule has 1 saturated heterocycles. The molecule has 1 aliphatic rings. The molecule has 2 heterocycles. The largest absolute Gasteiger partial charge is 0.334 e. The Bertz CT molecular complexity index is 579. The third-order valence-electron chi connectivity index (χ3n) is 3.23. The van der Waals surface area contributed by atoms with Crippen molar-refractivity contribution in [3.05, 3.63) is 33.0 Å². The lowest BCUT2D eigenvalue weighted by Crippen LogP contribution is -2.27. The summed E-state index contributed by atoms with van der Waals surface area (Å²) in [5, 5.41) is 7.52. The molecule has 1 aromatic heterocycles. The fraction of sp³-hybridized carbons (Fsp3) is 0.385. The van der Waals surface area contributed by atoms with Crippen molar-refractivity contribution in [1.82, 2.24) is 15.5 Å². The molecule has 1 atom stereocenters. The Morgan fingerprint density at radius 3 is 2.89 bits per heavy atom. The van der Waals surface area contributed by atoms with Crippen LogP contribution in [0.1, 0.15) is 31.1 Å². The van der Waals surface area contributed by atoms with Gasteiger partial charge in [0.25, 0.3) is 5.89 Å². The first-order chi connectivity index (χ1) is 9.24. The third kappa shape index (κ3) is 2.90. The number of benzene rings is 1. The summed E-state index contributed by atoms with van der Waals surface area (Å²) in [6, 6.07) is 6.11. The summed E-state index contributed by atoms with van der Waals surface area (Å²) < 4.78 is 7.33. The zero-order valence-electron chi connectivity index (χ0n) is 10.2. The number of hydrogen-bond acceptors (Lipinski definition) is 4. The van der Waals surface area contributed by atoms with E-state index in [2.05, 4.69) is 47.3 Å². The molecule has 1 N–H and O–H groups in total. The minimum absolute atomic E-state index is 0.223. The fourth-order valence-corrected chi connectivity index (χ4v) is 3.44. The van der Waals surface area contributed by atoms with E-state index in [1.807, 2.05) is 18.2 Å². The Kier molecular flexibility index (Phi) is 4.00. The minimum atomic E-state index is 0.223. The standard InChI is InChI=1S/C13H13Br2N3O/c14-8-4-5-9(10(15)7-8)13-17-12(18-19-13)11-3-1-2-6-16-11/h4-5,7,11,16H,1-3,6H2. The van der Waals surface area contributed by atoms with Crippen LogP contribution < -0.4 is 5.32 Å². The van der Waals surface area contributed by atoms with Gasteiger partial charge >= 0.3 is 0 Å². The van der Waals surface area contributed by atoms with Crippen molar-refractivity contribution in [2.45, 2.75) is 25.3 Å². The van der Waals surface area contributed by atoms with Crippen LogP contribution in [0.25, 0.3) is 11.5 Å². The first-order valence-electron chi connectivity index (χ1n) is 6.26. The highest BCUT2D eigenvalue weighted by Crippen LogP contribution is 2.31. The molecule has 100 valence electrons. The highest BCUT2D eigenvalue weighted by Gasteiger charge is 2.21. The van der Waals surface area contributed by atoms with Crippen molar-refractivity contribution >= 4 is 31.9 Å². The van der Waals surface area contributed by atoms with E-state index in [0.29, 0.717) is 5.89 Å². The quantitative estimate of drug-likeness (QED) is 0.844. The van der Waals surface area contributed by atoms with Gasteiger partial charge in [-0.2, -0.15) is 4.98 Å². The number of rotatable bonds is 2. The second-order valence-electron chi connectivity index (χ2n) is 4.58. The monoisotopic (exact) mass is 385 g/mol. The van der Waals surface area contributed by atoms with Crippen molar-refractivity contribution in [3.8, 4) is 11.5 Å². The highest BCUT2D eigenvalue weighted by molar-refractivity contribution is 9.11. The van der Waals surface area contributed by atoms with E-state index >= 15 is 0 Å². The fourth-order valence-electron chi connectivity index (χ4n) is 2.22. The average molecular weight is 387 g/mol. The smallest absolute Gasteiger partial charge is 0.259 e. The predicted octanol–water partition coefficient (Wildman–Crippen LogP) is 4.08. The number of halogens is 2. The Morgan fingerprint density at radius 2 is 2.16 bits per heavy atom. The van der Waals surface area contributed by atoms with E-state index in [-0.39, 0.29) is 6.04 Å². The van der Waals surface area contributed by atoms with E-state index in [1.165, 1.54) is 12.8 Å². The van der Waals surface area contributed by atoms with Crippen molar-refractivity contribution in [3.63, 3.8) is 0 Å². The van der Waals surface area contributed by atoms with Crippen LogP contribution in [0.5, 0.6) is 0 Å². The molecule has 1 fully saturated rings. The van der Waals surface area contributed by atoms with Gasteiger partial charge in [0.2, 0.25) is 0 Å². The molecule has 1 unspecified atom stereocenters. The number of aromatic nitrogens is 2. The molecule has 6 heteroatoms. The summed E-state index contributed by atoms with van der Waals surface area (Å²) in [5.41, 5.74) is 0.915. The summed E-state index contributed by atoms with van der Waals surface area (Å²) in [6.45, 7) is 1.02. The normalized spacial score (nSPS) is 19.6. The molecule has 0 spiro atoms. The van der Waals surface area contributed by atoms with Crippen molar-refractivity contribution in [2.75, 3.05) is 6.54 Å². The second kappa shape index (κ2) is 5.73. The number of hydrogen-bond donors (Lipinski definition) is 1. The molecule has 0 aliphatic carbocycles. The van der Waals surface area contributed by atoms with Gasteiger partial charge in [-0.25, -0.2) is 0 Å². The molecule has 0 bridgehead atoms. The van der Waals surface area contributed by atoms with Gasteiger partial charge in [-0.3, -0.25) is 0 Å². The Morgan fingerprint density at radius 1 is 1.26 bits per heavy atom. The molecular formula is C13H13Br2N3O. The maximum Gasteiger partial charge on any atom is 0.259 e. The summed E-state index contributed by atoms with van der Waals surface area (Å²) >= 11 is 6.95. The minimum Gasteiger partial charge on any atom is -0.334 e. The maximum absolute atomic E-state index is 5.38. The summed E-state index contributed by atoms with van der Waals surface area (Å²) in [7, 11) is 0. The topological polar surface area (TPSA) is 51.0 Å². The van der Waals surface area contributed by atoms with Crippen LogP contribution in [-0.2, 0) is 0 Å². The predicted molar refractivity (Wildman–Crippen MR) is 79.7 cm³/mol. The number of piperidine rings is 1. The van der Waals surface area contributed by atoms with Crippen LogP contribution in [0.15, 0.2) is 31.7 Å². The zero-order valence-corrected chi connectivity index (χ0v) is 13.4. The molecule has 19 heavy (non-hydrogen) atoms. The van der Waals surface area contributed by atoms with Gasteiger partial charge in [-0.15, -0.1) is 0 Å². The van der Waals surface area contributed by atoms with Crippen LogP contribution in [0.3, 0.4) is 0 Å². The molecule has 0 amide bonds. The second-order valence-corrected chi connectivity index (χ2v) is 6.35. The summed E-state index contributed by atoms with van der Waals surface area (Å²) in [6.07, 6.45) is 3.50. The molecule has 0 radical (unpaired) electrons. The van der Waals surface area contributed by atoms with E-state index in [9.17, 15) is 0 Å². The lowest BCUT2D eigenvalue weighted by molar-refractivity contribution is 0.367. The van der Waals surface area contributed by atoms with Gasteiger partial charge in [-0.05, 0) is 53.5 Å². The van der Waals surface area contributed by atoms with E-state index in [4.69, 9.17) is 4.52 Å². The van der Waals surface area contributed by atoms with Gasteiger partial charge in [0.15, 0.2) is 5.82 Å². The van der Waals surface area contributed by atoms with Gasteiger partial charge in [-0.1, -0.05) is 27.5 Å². The van der Waals surface area contributed by atoms with Crippen molar-refractivity contribution in [2.24, 2.45) is 0 Å². The Hall–Kier alpha value is -0.720. The Balaban J connectivity index is 1.87. The van der Waals surface area contributed by atoms with Crippen LogP contribution in [-0.4, -0.2) is 16.7 Å². The zero-order chi connectivity index (χ0) is 13.2. The summed E-state index contributed by atoms with van der Waals surface area (Å²) in [5.74, 6) is 1.31. The molecule has 0 saturated carbocycles. The first kappa shape index (κ1) is 13.3. The average Bonchev–Trinajstić information content (AvgIpc) is 2.89. The summed E-state index contributed by atoms with van der Waals surface area (Å²) in [4.78, 5) is 4.51. The molecule has 4 nitrogen and oxygen atoms in total. The number of nitrogens with one attached hydrogen (secondary N) is 1. The molecule has 2 aromatic rings. The lowest BCUT2D eigenvalue weighted by atomic mass is 10.0.